The van der Waals surface area contributed by atoms with Crippen molar-refractivity contribution >= 4 is 22.0 Å². The van der Waals surface area contributed by atoms with Crippen molar-refractivity contribution < 1.29 is 17.9 Å². The van der Waals surface area contributed by atoms with Crippen molar-refractivity contribution in [1.29, 1.82) is 0 Å². The van der Waals surface area contributed by atoms with Crippen molar-refractivity contribution in [2.75, 3.05) is 19.4 Å². The van der Waals surface area contributed by atoms with Gasteiger partial charge in [0.05, 0.1) is 4.90 Å². The van der Waals surface area contributed by atoms with E-state index in [9.17, 15) is 13.2 Å². The molecule has 6 heteroatoms. The van der Waals surface area contributed by atoms with E-state index in [-0.39, 0.29) is 24.0 Å². The fraction of sp³-hybridized carbons (Fsp3) is 0.160. The van der Waals surface area contributed by atoms with E-state index < -0.39 is 15.9 Å². The molecule has 0 aromatic heterocycles. The third-order valence-corrected chi connectivity index (χ3v) is 6.49. The maximum atomic E-state index is 12.2. The van der Waals surface area contributed by atoms with Crippen LogP contribution in [0, 0.1) is 0 Å². The van der Waals surface area contributed by atoms with Gasteiger partial charge in [0.2, 0.25) is 0 Å². The maximum Gasteiger partial charge on any atom is 0.407 e. The van der Waals surface area contributed by atoms with Crippen LogP contribution < -0.4 is 5.32 Å². The van der Waals surface area contributed by atoms with Gasteiger partial charge in [-0.25, -0.2) is 13.2 Å². The van der Waals surface area contributed by atoms with E-state index in [0.29, 0.717) is 5.56 Å². The molecule has 5 nitrogen and oxygen atoms in total. The molecule has 0 bridgehead atoms. The number of fused-ring (bicyclic) bond motifs is 3. The lowest BCUT2D eigenvalue weighted by molar-refractivity contribution is 0.144. The highest BCUT2D eigenvalue weighted by molar-refractivity contribution is 7.90. The number of amides is 1. The highest BCUT2D eigenvalue weighted by Crippen LogP contribution is 2.44. The minimum absolute atomic E-state index is 0.00956. The summed E-state index contributed by atoms with van der Waals surface area (Å²) in [6.07, 6.45) is 4.04. The third-order valence-electron chi connectivity index (χ3n) is 5.32. The number of ether oxygens (including phenoxy) is 1. The molecule has 4 rings (SSSR count). The van der Waals surface area contributed by atoms with Gasteiger partial charge in [-0.1, -0.05) is 78.9 Å². The van der Waals surface area contributed by atoms with Crippen LogP contribution in [-0.4, -0.2) is 33.9 Å². The summed E-state index contributed by atoms with van der Waals surface area (Å²) in [4.78, 5) is 12.5. The number of benzene rings is 3. The Kier molecular flexibility index (Phi) is 5.91. The lowest BCUT2D eigenvalue weighted by Crippen LogP contribution is -2.26. The van der Waals surface area contributed by atoms with Gasteiger partial charge in [0, 0.05) is 18.7 Å². The zero-order valence-electron chi connectivity index (χ0n) is 17.1. The van der Waals surface area contributed by atoms with Crippen molar-refractivity contribution in [2.24, 2.45) is 0 Å². The Morgan fingerprint density at radius 1 is 0.935 bits per heavy atom. The molecule has 0 atom stereocenters. The van der Waals surface area contributed by atoms with Crippen molar-refractivity contribution in [2.45, 2.75) is 10.8 Å². The molecular weight excluding hydrogens is 410 g/mol. The maximum absolute atomic E-state index is 12.2. The topological polar surface area (TPSA) is 72.5 Å². The molecule has 0 unspecified atom stereocenters. The zero-order chi connectivity index (χ0) is 21.8. The molecule has 31 heavy (non-hydrogen) atoms. The predicted molar refractivity (Wildman–Crippen MR) is 122 cm³/mol. The van der Waals surface area contributed by atoms with Crippen LogP contribution in [0.1, 0.15) is 22.6 Å². The first-order chi connectivity index (χ1) is 14.9. The fourth-order valence-electron chi connectivity index (χ4n) is 3.93. The number of carbonyl (C=O) groups excluding carboxylic acids is 1. The molecule has 0 spiro atoms. The molecular formula is C25H23NO4S. The Labute approximate surface area is 182 Å². The summed E-state index contributed by atoms with van der Waals surface area (Å²) in [7, 11) is -3.32. The Balaban J connectivity index is 1.36. The first-order valence-electron chi connectivity index (χ1n) is 9.99. The minimum Gasteiger partial charge on any atom is -0.449 e. The summed E-state index contributed by atoms with van der Waals surface area (Å²) in [5.41, 5.74) is 5.26. The first-order valence-corrected chi connectivity index (χ1v) is 11.9. The van der Waals surface area contributed by atoms with E-state index in [2.05, 4.69) is 29.6 Å². The summed E-state index contributed by atoms with van der Waals surface area (Å²) < 4.78 is 29.2. The number of alkyl carbamates (subject to hydrolysis) is 1. The average Bonchev–Trinajstić information content (AvgIpc) is 3.09. The summed E-state index contributed by atoms with van der Waals surface area (Å²) >= 11 is 0. The van der Waals surface area contributed by atoms with Gasteiger partial charge in [-0.2, -0.15) is 0 Å². The Hall–Kier alpha value is -3.38. The van der Waals surface area contributed by atoms with Crippen LogP contribution in [0.2, 0.25) is 0 Å². The number of sulfone groups is 1. The fourth-order valence-corrected chi connectivity index (χ4v) is 4.82. The van der Waals surface area contributed by atoms with Crippen LogP contribution in [0.4, 0.5) is 4.79 Å². The smallest absolute Gasteiger partial charge is 0.407 e. The van der Waals surface area contributed by atoms with Gasteiger partial charge in [-0.15, -0.1) is 0 Å². The molecule has 0 aliphatic heterocycles. The van der Waals surface area contributed by atoms with Crippen LogP contribution in [0.15, 0.2) is 83.8 Å². The van der Waals surface area contributed by atoms with Gasteiger partial charge >= 0.3 is 6.09 Å². The number of hydrogen-bond acceptors (Lipinski definition) is 4. The Morgan fingerprint density at radius 3 is 2.16 bits per heavy atom. The van der Waals surface area contributed by atoms with Crippen molar-refractivity contribution in [1.82, 2.24) is 5.32 Å². The SMILES string of the molecule is CS(=O)(=O)c1ccccc1C=CCNC(=O)OCC1c2ccccc2-c2ccccc21. The van der Waals surface area contributed by atoms with Crippen molar-refractivity contribution in [3.63, 3.8) is 0 Å². The van der Waals surface area contributed by atoms with E-state index in [0.717, 1.165) is 11.1 Å². The Bertz CT molecular complexity index is 1200. The molecule has 1 amide bonds. The normalized spacial score (nSPS) is 13.1. The molecule has 3 aromatic carbocycles. The van der Waals surface area contributed by atoms with Gasteiger partial charge in [0.1, 0.15) is 6.61 Å². The third kappa shape index (κ3) is 4.54. The van der Waals surface area contributed by atoms with Crippen molar-refractivity contribution in [3.05, 3.63) is 95.6 Å². The molecule has 1 N–H and O–H groups in total. The van der Waals surface area contributed by atoms with E-state index in [4.69, 9.17) is 4.74 Å². The average molecular weight is 434 g/mol. The zero-order valence-corrected chi connectivity index (χ0v) is 17.9. The summed E-state index contributed by atoms with van der Waals surface area (Å²) in [5.74, 6) is 0.00956. The van der Waals surface area contributed by atoms with E-state index in [1.807, 2.05) is 24.3 Å². The summed E-state index contributed by atoms with van der Waals surface area (Å²) in [5, 5.41) is 2.69. The van der Waals surface area contributed by atoms with Gasteiger partial charge in [-0.05, 0) is 33.9 Å². The van der Waals surface area contributed by atoms with Crippen LogP contribution >= 0.6 is 0 Å². The monoisotopic (exact) mass is 433 g/mol. The molecule has 0 heterocycles. The van der Waals surface area contributed by atoms with E-state index in [1.165, 1.54) is 17.4 Å². The first kappa shape index (κ1) is 20.9. The van der Waals surface area contributed by atoms with Crippen LogP contribution in [0.3, 0.4) is 0 Å². The van der Waals surface area contributed by atoms with Gasteiger partial charge in [0.25, 0.3) is 0 Å². The minimum atomic E-state index is -3.32. The lowest BCUT2D eigenvalue weighted by atomic mass is 9.98. The lowest BCUT2D eigenvalue weighted by Gasteiger charge is -2.14. The highest BCUT2D eigenvalue weighted by Gasteiger charge is 2.28. The molecule has 0 radical (unpaired) electrons. The molecule has 1 aliphatic rings. The van der Waals surface area contributed by atoms with Gasteiger partial charge in [0.15, 0.2) is 9.84 Å². The van der Waals surface area contributed by atoms with Crippen LogP contribution in [0.5, 0.6) is 0 Å². The molecule has 158 valence electrons. The largest absolute Gasteiger partial charge is 0.449 e. The van der Waals surface area contributed by atoms with Crippen molar-refractivity contribution in [3.8, 4) is 11.1 Å². The number of hydrogen-bond donors (Lipinski definition) is 1. The predicted octanol–water partition coefficient (Wildman–Crippen LogP) is 4.64. The second-order valence-corrected chi connectivity index (χ2v) is 9.40. The molecule has 0 saturated heterocycles. The molecule has 3 aromatic rings. The molecule has 0 saturated carbocycles. The van der Waals surface area contributed by atoms with Gasteiger partial charge < -0.3 is 10.1 Å². The quantitative estimate of drug-likeness (QED) is 0.615. The summed E-state index contributed by atoms with van der Waals surface area (Å²) in [6.45, 7) is 0.481. The van der Waals surface area contributed by atoms with E-state index in [1.54, 1.807) is 36.4 Å². The number of carbonyl (C=O) groups is 1. The number of nitrogens with one attached hydrogen (secondary N) is 1. The van der Waals surface area contributed by atoms with Gasteiger partial charge in [-0.3, -0.25) is 0 Å². The molecule has 1 aliphatic carbocycles. The molecule has 0 fully saturated rings. The Morgan fingerprint density at radius 2 is 1.52 bits per heavy atom. The summed E-state index contributed by atoms with van der Waals surface area (Å²) in [6, 6.07) is 23.1. The second-order valence-electron chi connectivity index (χ2n) is 7.42. The van der Waals surface area contributed by atoms with Crippen LogP contribution in [0.25, 0.3) is 17.2 Å². The number of rotatable bonds is 6. The van der Waals surface area contributed by atoms with E-state index >= 15 is 0 Å². The van der Waals surface area contributed by atoms with Crippen LogP contribution in [-0.2, 0) is 14.6 Å². The highest BCUT2D eigenvalue weighted by atomic mass is 32.2. The standard InChI is InChI=1S/C25H23NO4S/c1-31(28,29)24-15-7-2-9-18(24)10-8-16-26-25(27)30-17-23-21-13-5-3-11-19(21)20-12-4-6-14-22(20)23/h2-15,23H,16-17H2,1H3,(H,26,27). The second kappa shape index (κ2) is 8.78.